The Kier molecular flexibility index (Phi) is 6.01. The van der Waals surface area contributed by atoms with E-state index < -0.39 is 5.60 Å². The van der Waals surface area contributed by atoms with Gasteiger partial charge in [-0.2, -0.15) is 0 Å². The van der Waals surface area contributed by atoms with Crippen LogP contribution in [0.3, 0.4) is 0 Å². The van der Waals surface area contributed by atoms with E-state index in [1.54, 1.807) is 21.0 Å². The molecule has 1 aliphatic rings. The van der Waals surface area contributed by atoms with Crippen LogP contribution < -0.4 is 4.74 Å². The van der Waals surface area contributed by atoms with Crippen molar-refractivity contribution in [1.29, 1.82) is 0 Å². The molecule has 3 rings (SSSR count). The lowest BCUT2D eigenvalue weighted by molar-refractivity contribution is 0.0477. The Morgan fingerprint density at radius 3 is 2.73 bits per heavy atom. The van der Waals surface area contributed by atoms with Crippen LogP contribution >= 0.6 is 0 Å². The third kappa shape index (κ3) is 5.10. The van der Waals surface area contributed by atoms with Crippen LogP contribution in [-0.2, 0) is 23.4 Å². The summed E-state index contributed by atoms with van der Waals surface area (Å²) in [7, 11) is 1.68. The SMILES string of the molecule is COc1cccc(CN(Cc2ccc(C(C)(C)O)o2)CC2CCCO2)c1. The molecule has 2 aromatic rings. The molecule has 5 heteroatoms. The highest BCUT2D eigenvalue weighted by Gasteiger charge is 2.23. The number of benzene rings is 1. The van der Waals surface area contributed by atoms with Gasteiger partial charge in [0, 0.05) is 19.7 Å². The summed E-state index contributed by atoms with van der Waals surface area (Å²) in [5, 5.41) is 10.1. The average Bonchev–Trinajstić information content (AvgIpc) is 3.26. The highest BCUT2D eigenvalue weighted by Crippen LogP contribution is 2.24. The Hall–Kier alpha value is -1.82. The summed E-state index contributed by atoms with van der Waals surface area (Å²) in [6.45, 7) is 6.63. The molecule has 0 bridgehead atoms. The van der Waals surface area contributed by atoms with Gasteiger partial charge in [-0.05, 0) is 56.5 Å². The van der Waals surface area contributed by atoms with Crippen molar-refractivity contribution in [2.24, 2.45) is 0 Å². The molecule has 1 unspecified atom stereocenters. The Labute approximate surface area is 155 Å². The fourth-order valence-electron chi connectivity index (χ4n) is 3.30. The fourth-order valence-corrected chi connectivity index (χ4v) is 3.30. The van der Waals surface area contributed by atoms with E-state index in [9.17, 15) is 5.11 Å². The molecule has 0 amide bonds. The van der Waals surface area contributed by atoms with E-state index >= 15 is 0 Å². The molecule has 0 radical (unpaired) electrons. The Morgan fingerprint density at radius 2 is 2.08 bits per heavy atom. The molecule has 26 heavy (non-hydrogen) atoms. The molecule has 1 saturated heterocycles. The van der Waals surface area contributed by atoms with Crippen molar-refractivity contribution in [2.45, 2.75) is 51.5 Å². The zero-order chi connectivity index (χ0) is 18.6. The minimum absolute atomic E-state index is 0.268. The Bertz CT molecular complexity index is 698. The van der Waals surface area contributed by atoms with Crippen molar-refractivity contribution in [3.63, 3.8) is 0 Å². The maximum Gasteiger partial charge on any atom is 0.135 e. The summed E-state index contributed by atoms with van der Waals surface area (Å²) in [5.74, 6) is 2.30. The first kappa shape index (κ1) is 19.0. The van der Waals surface area contributed by atoms with Crippen molar-refractivity contribution in [3.05, 3.63) is 53.5 Å². The Balaban J connectivity index is 1.72. The lowest BCUT2D eigenvalue weighted by Crippen LogP contribution is -2.31. The molecule has 0 aliphatic carbocycles. The van der Waals surface area contributed by atoms with Gasteiger partial charge in [0.25, 0.3) is 0 Å². The molecule has 0 spiro atoms. The second kappa shape index (κ2) is 8.25. The van der Waals surface area contributed by atoms with Crippen molar-refractivity contribution in [3.8, 4) is 5.75 Å². The van der Waals surface area contributed by atoms with E-state index in [0.717, 1.165) is 44.0 Å². The van der Waals surface area contributed by atoms with Crippen molar-refractivity contribution >= 4 is 0 Å². The highest BCUT2D eigenvalue weighted by atomic mass is 16.5. The molecule has 1 aliphatic heterocycles. The summed E-state index contributed by atoms with van der Waals surface area (Å²) >= 11 is 0. The highest BCUT2D eigenvalue weighted by molar-refractivity contribution is 5.28. The molecular formula is C21H29NO4. The third-order valence-electron chi connectivity index (χ3n) is 4.67. The zero-order valence-corrected chi connectivity index (χ0v) is 15.9. The zero-order valence-electron chi connectivity index (χ0n) is 15.9. The van der Waals surface area contributed by atoms with Gasteiger partial charge in [0.15, 0.2) is 0 Å². The first-order chi connectivity index (χ1) is 12.4. The van der Waals surface area contributed by atoms with Crippen molar-refractivity contribution < 1.29 is 19.0 Å². The maximum atomic E-state index is 10.1. The van der Waals surface area contributed by atoms with E-state index in [-0.39, 0.29) is 6.10 Å². The number of methoxy groups -OCH3 is 1. The largest absolute Gasteiger partial charge is 0.497 e. The molecule has 1 atom stereocenters. The lowest BCUT2D eigenvalue weighted by Gasteiger charge is -2.24. The van der Waals surface area contributed by atoms with Crippen LogP contribution in [0.2, 0.25) is 0 Å². The standard InChI is InChI=1S/C21H29NO4/c1-21(2,23)20-10-9-19(26-20)15-22(14-18-8-5-11-25-18)13-16-6-4-7-17(12-16)24-3/h4,6-7,9-10,12,18,23H,5,8,11,13-15H2,1-3H3. The van der Waals surface area contributed by atoms with Crippen LogP contribution in [0, 0.1) is 0 Å². The molecule has 1 aromatic heterocycles. The van der Waals surface area contributed by atoms with Gasteiger partial charge in [-0.25, -0.2) is 0 Å². The third-order valence-corrected chi connectivity index (χ3v) is 4.67. The van der Waals surface area contributed by atoms with E-state index in [1.807, 2.05) is 24.3 Å². The van der Waals surface area contributed by atoms with Gasteiger partial charge in [0.1, 0.15) is 22.9 Å². The summed E-state index contributed by atoms with van der Waals surface area (Å²) in [5.41, 5.74) is 0.223. The van der Waals surface area contributed by atoms with Crippen LogP contribution in [0.15, 0.2) is 40.8 Å². The van der Waals surface area contributed by atoms with Crippen LogP contribution in [0.25, 0.3) is 0 Å². The van der Waals surface area contributed by atoms with E-state index in [2.05, 4.69) is 17.0 Å². The normalized spacial score (nSPS) is 17.8. The monoisotopic (exact) mass is 359 g/mol. The van der Waals surface area contributed by atoms with Crippen LogP contribution in [0.5, 0.6) is 5.75 Å². The minimum atomic E-state index is -0.968. The van der Waals surface area contributed by atoms with Gasteiger partial charge >= 0.3 is 0 Å². The molecule has 5 nitrogen and oxygen atoms in total. The quantitative estimate of drug-likeness (QED) is 0.779. The molecule has 1 fully saturated rings. The summed E-state index contributed by atoms with van der Waals surface area (Å²) < 4.78 is 17.0. The first-order valence-electron chi connectivity index (χ1n) is 9.22. The van der Waals surface area contributed by atoms with Gasteiger partial charge in [0.2, 0.25) is 0 Å². The van der Waals surface area contributed by atoms with Crippen LogP contribution in [0.4, 0.5) is 0 Å². The van der Waals surface area contributed by atoms with Crippen LogP contribution in [0.1, 0.15) is 43.8 Å². The smallest absolute Gasteiger partial charge is 0.135 e. The second-order valence-corrected chi connectivity index (χ2v) is 7.48. The molecule has 142 valence electrons. The molecule has 0 saturated carbocycles. The Morgan fingerprint density at radius 1 is 1.23 bits per heavy atom. The van der Waals surface area contributed by atoms with Gasteiger partial charge < -0.3 is 19.0 Å². The number of hydrogen-bond donors (Lipinski definition) is 1. The number of rotatable bonds is 8. The summed E-state index contributed by atoms with van der Waals surface area (Å²) in [6.07, 6.45) is 2.49. The average molecular weight is 359 g/mol. The number of ether oxygens (including phenoxy) is 2. The molecule has 2 heterocycles. The fraction of sp³-hybridized carbons (Fsp3) is 0.524. The summed E-state index contributed by atoms with van der Waals surface area (Å²) in [4.78, 5) is 2.33. The van der Waals surface area contributed by atoms with Gasteiger partial charge in [0.05, 0.1) is 19.8 Å². The van der Waals surface area contributed by atoms with Gasteiger partial charge in [-0.15, -0.1) is 0 Å². The number of hydrogen-bond acceptors (Lipinski definition) is 5. The molecule has 1 N–H and O–H groups in total. The van der Waals surface area contributed by atoms with Crippen molar-refractivity contribution in [2.75, 3.05) is 20.3 Å². The van der Waals surface area contributed by atoms with E-state index in [0.29, 0.717) is 12.3 Å². The van der Waals surface area contributed by atoms with Crippen LogP contribution in [-0.4, -0.2) is 36.4 Å². The predicted octanol–water partition coefficient (Wildman–Crippen LogP) is 3.70. The first-order valence-corrected chi connectivity index (χ1v) is 9.22. The number of aliphatic hydroxyl groups is 1. The maximum absolute atomic E-state index is 10.1. The number of furan rings is 1. The molecular weight excluding hydrogens is 330 g/mol. The van der Waals surface area contributed by atoms with E-state index in [4.69, 9.17) is 13.9 Å². The minimum Gasteiger partial charge on any atom is -0.497 e. The predicted molar refractivity (Wildman–Crippen MR) is 100 cm³/mol. The summed E-state index contributed by atoms with van der Waals surface area (Å²) in [6, 6.07) is 11.9. The second-order valence-electron chi connectivity index (χ2n) is 7.48. The topological polar surface area (TPSA) is 55.1 Å². The molecule has 1 aromatic carbocycles. The van der Waals surface area contributed by atoms with Gasteiger partial charge in [-0.1, -0.05) is 12.1 Å². The van der Waals surface area contributed by atoms with Gasteiger partial charge in [-0.3, -0.25) is 4.90 Å². The number of nitrogens with zero attached hydrogens (tertiary/aromatic N) is 1. The van der Waals surface area contributed by atoms with Crippen molar-refractivity contribution in [1.82, 2.24) is 4.90 Å². The van der Waals surface area contributed by atoms with E-state index in [1.165, 1.54) is 5.56 Å². The lowest BCUT2D eigenvalue weighted by atomic mass is 10.1.